The molecule has 1 amide bonds. The Hall–Kier alpha value is -1.63. The fraction of sp³-hybridized carbons (Fsp3) is 0.526. The zero-order valence-electron chi connectivity index (χ0n) is 15.2. The normalized spacial score (nSPS) is 18.8. The standard InChI is InChI=1S/C19H24N4O2.2ClH/c24-19(15-5-1-2-10-21-15)23-11-8-17-16(13-23)22-18(25-17)7-6-14-4-3-9-20-12-14;;/h3-4,9,12,15,21H,1-2,5-8,10-11,13H2;2*1H/t15-;;/m0../s1. The molecule has 0 radical (unpaired) electrons. The van der Waals surface area contributed by atoms with Crippen molar-refractivity contribution >= 4 is 30.7 Å². The van der Waals surface area contributed by atoms with E-state index >= 15 is 0 Å². The van der Waals surface area contributed by atoms with E-state index in [0.29, 0.717) is 6.54 Å². The number of nitrogens with zero attached hydrogens (tertiary/aromatic N) is 3. The first-order valence-corrected chi connectivity index (χ1v) is 9.18. The van der Waals surface area contributed by atoms with Gasteiger partial charge < -0.3 is 14.6 Å². The van der Waals surface area contributed by atoms with Gasteiger partial charge in [0.25, 0.3) is 0 Å². The summed E-state index contributed by atoms with van der Waals surface area (Å²) in [7, 11) is 0. The van der Waals surface area contributed by atoms with E-state index in [0.717, 1.165) is 69.0 Å². The minimum atomic E-state index is -0.0211. The van der Waals surface area contributed by atoms with Crippen LogP contribution in [0.2, 0.25) is 0 Å². The number of carbonyl (C=O) groups excluding carboxylic acids is 1. The van der Waals surface area contributed by atoms with Crippen LogP contribution in [0.1, 0.15) is 42.2 Å². The number of hydrogen-bond donors (Lipinski definition) is 1. The first-order valence-electron chi connectivity index (χ1n) is 9.18. The summed E-state index contributed by atoms with van der Waals surface area (Å²) >= 11 is 0. The second-order valence-electron chi connectivity index (χ2n) is 6.85. The SMILES string of the molecule is Cl.Cl.O=C([C@@H]1CCCCN1)N1CCc2oc(CCc3cccnc3)nc2C1. The Bertz CT molecular complexity index is 733. The smallest absolute Gasteiger partial charge is 0.240 e. The second kappa shape index (κ2) is 10.1. The molecule has 2 aromatic rings. The highest BCUT2D eigenvalue weighted by atomic mass is 35.5. The van der Waals surface area contributed by atoms with Crippen molar-refractivity contribution in [1.82, 2.24) is 20.2 Å². The summed E-state index contributed by atoms with van der Waals surface area (Å²) in [6.07, 6.45) is 9.27. The van der Waals surface area contributed by atoms with Crippen molar-refractivity contribution in [2.24, 2.45) is 0 Å². The highest BCUT2D eigenvalue weighted by molar-refractivity contribution is 5.85. The molecule has 1 saturated heterocycles. The minimum Gasteiger partial charge on any atom is -0.445 e. The summed E-state index contributed by atoms with van der Waals surface area (Å²) in [5.74, 6) is 1.92. The number of piperidine rings is 1. The van der Waals surface area contributed by atoms with Gasteiger partial charge >= 0.3 is 0 Å². The molecule has 4 rings (SSSR count). The number of halogens is 2. The Morgan fingerprint density at radius 3 is 2.93 bits per heavy atom. The van der Waals surface area contributed by atoms with Crippen LogP contribution < -0.4 is 5.32 Å². The van der Waals surface area contributed by atoms with Crippen molar-refractivity contribution in [2.75, 3.05) is 13.1 Å². The Morgan fingerprint density at radius 1 is 1.30 bits per heavy atom. The summed E-state index contributed by atoms with van der Waals surface area (Å²) in [5.41, 5.74) is 2.11. The number of aromatic nitrogens is 2. The summed E-state index contributed by atoms with van der Waals surface area (Å²) in [4.78, 5) is 23.4. The van der Waals surface area contributed by atoms with E-state index in [-0.39, 0.29) is 36.8 Å². The molecule has 4 heterocycles. The monoisotopic (exact) mass is 412 g/mol. The van der Waals surface area contributed by atoms with Crippen molar-refractivity contribution in [1.29, 1.82) is 0 Å². The van der Waals surface area contributed by atoms with Crippen molar-refractivity contribution in [3.8, 4) is 0 Å². The van der Waals surface area contributed by atoms with Gasteiger partial charge in [0.05, 0.1) is 12.6 Å². The minimum absolute atomic E-state index is 0. The van der Waals surface area contributed by atoms with Crippen LogP contribution in [0.3, 0.4) is 0 Å². The van der Waals surface area contributed by atoms with Crippen LogP contribution in [0, 0.1) is 0 Å². The average Bonchev–Trinajstić information content (AvgIpc) is 3.09. The summed E-state index contributed by atoms with van der Waals surface area (Å²) in [6.45, 7) is 2.24. The first-order chi connectivity index (χ1) is 12.3. The molecule has 2 aliphatic heterocycles. The van der Waals surface area contributed by atoms with Gasteiger partial charge in [-0.25, -0.2) is 4.98 Å². The average molecular weight is 413 g/mol. The molecule has 0 aliphatic carbocycles. The number of pyridine rings is 1. The predicted molar refractivity (Wildman–Crippen MR) is 107 cm³/mol. The zero-order valence-corrected chi connectivity index (χ0v) is 16.9. The topological polar surface area (TPSA) is 71.3 Å². The lowest BCUT2D eigenvalue weighted by atomic mass is 10.0. The largest absolute Gasteiger partial charge is 0.445 e. The molecule has 2 aliphatic rings. The van der Waals surface area contributed by atoms with E-state index in [1.54, 1.807) is 6.20 Å². The molecule has 0 spiro atoms. The number of fused-ring (bicyclic) bond motifs is 1. The third kappa shape index (κ3) is 5.21. The maximum absolute atomic E-state index is 12.7. The second-order valence-corrected chi connectivity index (χ2v) is 6.85. The van der Waals surface area contributed by atoms with Gasteiger partial charge in [-0.1, -0.05) is 12.5 Å². The van der Waals surface area contributed by atoms with Crippen LogP contribution in [0.15, 0.2) is 28.9 Å². The number of rotatable bonds is 4. The van der Waals surface area contributed by atoms with Crippen molar-refractivity contribution in [3.05, 3.63) is 47.4 Å². The van der Waals surface area contributed by atoms with Crippen LogP contribution in [-0.2, 0) is 30.6 Å². The number of carbonyl (C=O) groups is 1. The maximum Gasteiger partial charge on any atom is 0.240 e. The predicted octanol–water partition coefficient (Wildman–Crippen LogP) is 2.73. The van der Waals surface area contributed by atoms with Gasteiger partial charge in [0, 0.05) is 31.8 Å². The molecule has 1 atom stereocenters. The molecule has 0 unspecified atom stereocenters. The molecule has 0 aromatic carbocycles. The first kappa shape index (κ1) is 21.7. The maximum atomic E-state index is 12.7. The molecule has 8 heteroatoms. The number of nitrogens with one attached hydrogen (secondary N) is 1. The summed E-state index contributed by atoms with van der Waals surface area (Å²) < 4.78 is 5.92. The molecule has 0 bridgehead atoms. The van der Waals surface area contributed by atoms with Crippen LogP contribution in [0.4, 0.5) is 0 Å². The molecule has 0 saturated carbocycles. The highest BCUT2D eigenvalue weighted by Crippen LogP contribution is 2.22. The third-order valence-corrected chi connectivity index (χ3v) is 5.04. The molecule has 27 heavy (non-hydrogen) atoms. The third-order valence-electron chi connectivity index (χ3n) is 5.04. The Kier molecular flexibility index (Phi) is 8.07. The fourth-order valence-electron chi connectivity index (χ4n) is 3.63. The van der Waals surface area contributed by atoms with E-state index in [1.807, 2.05) is 17.2 Å². The Balaban J connectivity index is 0.00000131. The summed E-state index contributed by atoms with van der Waals surface area (Å²) in [6, 6.07) is 3.99. The van der Waals surface area contributed by atoms with Crippen LogP contribution >= 0.6 is 24.8 Å². The van der Waals surface area contributed by atoms with E-state index < -0.39 is 0 Å². The molecular weight excluding hydrogens is 387 g/mol. The van der Waals surface area contributed by atoms with Crippen LogP contribution in [0.25, 0.3) is 0 Å². The molecular formula is C19H26Cl2N4O2. The Morgan fingerprint density at radius 2 is 2.19 bits per heavy atom. The lowest BCUT2D eigenvalue weighted by Crippen LogP contribution is -2.49. The molecule has 148 valence electrons. The zero-order chi connectivity index (χ0) is 17.1. The van der Waals surface area contributed by atoms with E-state index in [4.69, 9.17) is 4.42 Å². The van der Waals surface area contributed by atoms with Crippen molar-refractivity contribution < 1.29 is 9.21 Å². The van der Waals surface area contributed by atoms with Crippen LogP contribution in [0.5, 0.6) is 0 Å². The quantitative estimate of drug-likeness (QED) is 0.835. The molecule has 6 nitrogen and oxygen atoms in total. The van der Waals surface area contributed by atoms with Crippen LogP contribution in [-0.4, -0.2) is 39.9 Å². The molecule has 1 fully saturated rings. The molecule has 2 aromatic heterocycles. The van der Waals surface area contributed by atoms with E-state index in [2.05, 4.69) is 21.4 Å². The number of hydrogen-bond acceptors (Lipinski definition) is 5. The van der Waals surface area contributed by atoms with Gasteiger partial charge in [0.2, 0.25) is 5.91 Å². The van der Waals surface area contributed by atoms with Gasteiger partial charge in [-0.15, -0.1) is 24.8 Å². The summed E-state index contributed by atoms with van der Waals surface area (Å²) in [5, 5.41) is 3.34. The van der Waals surface area contributed by atoms with Gasteiger partial charge in [-0.05, 0) is 37.4 Å². The molecule has 1 N–H and O–H groups in total. The van der Waals surface area contributed by atoms with Crippen molar-refractivity contribution in [3.63, 3.8) is 0 Å². The van der Waals surface area contributed by atoms with Gasteiger partial charge in [-0.3, -0.25) is 9.78 Å². The van der Waals surface area contributed by atoms with E-state index in [1.165, 1.54) is 5.56 Å². The number of amides is 1. The van der Waals surface area contributed by atoms with Crippen molar-refractivity contribution in [2.45, 2.75) is 51.1 Å². The highest BCUT2D eigenvalue weighted by Gasteiger charge is 2.30. The fourth-order valence-corrected chi connectivity index (χ4v) is 3.63. The van der Waals surface area contributed by atoms with Gasteiger partial charge in [-0.2, -0.15) is 0 Å². The number of aryl methyl sites for hydroxylation is 2. The Labute approximate surface area is 172 Å². The van der Waals surface area contributed by atoms with E-state index in [9.17, 15) is 4.79 Å². The lowest BCUT2D eigenvalue weighted by molar-refractivity contribution is -0.135. The van der Waals surface area contributed by atoms with Gasteiger partial charge in [0.15, 0.2) is 5.89 Å². The number of oxazole rings is 1. The van der Waals surface area contributed by atoms with Gasteiger partial charge in [0.1, 0.15) is 11.5 Å². The lowest BCUT2D eigenvalue weighted by Gasteiger charge is -2.31.